The summed E-state index contributed by atoms with van der Waals surface area (Å²) in [5, 5.41) is 2.82. The third kappa shape index (κ3) is 4.61. The summed E-state index contributed by atoms with van der Waals surface area (Å²) in [7, 11) is 0. The average molecular weight is 246 g/mol. The highest BCUT2D eigenvalue weighted by molar-refractivity contribution is 7.99. The molecule has 1 amide bonds. The Morgan fingerprint density at radius 2 is 2.06 bits per heavy atom. The van der Waals surface area contributed by atoms with Crippen LogP contribution in [0.15, 0.2) is 0 Å². The van der Waals surface area contributed by atoms with Gasteiger partial charge in [0.05, 0.1) is 0 Å². The number of nitrogens with one attached hydrogen (secondary N) is 1. The number of amides is 1. The number of ether oxygens (including phenoxy) is 1. The van der Waals surface area contributed by atoms with Crippen LogP contribution in [0.5, 0.6) is 0 Å². The lowest BCUT2D eigenvalue weighted by molar-refractivity contribution is 0.0517. The Labute approximate surface area is 102 Å². The highest BCUT2D eigenvalue weighted by Crippen LogP contribution is 2.28. The van der Waals surface area contributed by atoms with E-state index in [1.54, 1.807) is 0 Å². The van der Waals surface area contributed by atoms with Crippen LogP contribution in [0.25, 0.3) is 0 Å². The zero-order valence-electron chi connectivity index (χ0n) is 10.3. The fourth-order valence-corrected chi connectivity index (χ4v) is 3.20. The standard InChI is InChI=1S/C11H22N2O2S/c1-11(2,3)15-10(14)13-5-9-7-16-6-8(9)4-12/h8-9H,4-7,12H2,1-3H3,(H,13,14)/t8-,9+/m0/s1. The van der Waals surface area contributed by atoms with Gasteiger partial charge in [-0.1, -0.05) is 0 Å². The third-order valence-electron chi connectivity index (χ3n) is 2.54. The second kappa shape index (κ2) is 5.77. The Balaban J connectivity index is 2.26. The normalized spacial score (nSPS) is 25.5. The average Bonchev–Trinajstić information content (AvgIpc) is 2.59. The number of rotatable bonds is 3. The van der Waals surface area contributed by atoms with Crippen molar-refractivity contribution in [1.82, 2.24) is 5.32 Å². The third-order valence-corrected chi connectivity index (χ3v) is 3.87. The maximum Gasteiger partial charge on any atom is 0.407 e. The van der Waals surface area contributed by atoms with Crippen molar-refractivity contribution in [2.45, 2.75) is 26.4 Å². The summed E-state index contributed by atoms with van der Waals surface area (Å²) < 4.78 is 5.18. The molecule has 0 aromatic heterocycles. The van der Waals surface area contributed by atoms with Gasteiger partial charge >= 0.3 is 6.09 Å². The van der Waals surface area contributed by atoms with E-state index < -0.39 is 5.60 Å². The Hall–Kier alpha value is -0.420. The number of alkyl carbamates (subject to hydrolysis) is 1. The molecule has 1 rings (SSSR count). The summed E-state index contributed by atoms with van der Waals surface area (Å²) in [5.41, 5.74) is 5.25. The number of hydrogen-bond donors (Lipinski definition) is 2. The van der Waals surface area contributed by atoms with Crippen LogP contribution in [0.1, 0.15) is 20.8 Å². The summed E-state index contributed by atoms with van der Waals surface area (Å²) in [6, 6.07) is 0. The molecule has 94 valence electrons. The van der Waals surface area contributed by atoms with Gasteiger partial charge in [0, 0.05) is 6.54 Å². The van der Waals surface area contributed by atoms with Gasteiger partial charge in [0.2, 0.25) is 0 Å². The van der Waals surface area contributed by atoms with Crippen molar-refractivity contribution in [2.75, 3.05) is 24.6 Å². The second-order valence-corrected chi connectivity index (χ2v) is 6.25. The van der Waals surface area contributed by atoms with Gasteiger partial charge in [-0.3, -0.25) is 0 Å². The topological polar surface area (TPSA) is 64.3 Å². The molecule has 16 heavy (non-hydrogen) atoms. The van der Waals surface area contributed by atoms with Gasteiger partial charge in [-0.2, -0.15) is 11.8 Å². The first kappa shape index (κ1) is 13.6. The molecule has 0 aromatic rings. The molecule has 1 heterocycles. The van der Waals surface area contributed by atoms with Crippen LogP contribution in [-0.2, 0) is 4.74 Å². The van der Waals surface area contributed by atoms with Gasteiger partial charge in [-0.25, -0.2) is 4.79 Å². The number of nitrogens with two attached hydrogens (primary N) is 1. The maximum absolute atomic E-state index is 11.4. The molecule has 4 nitrogen and oxygen atoms in total. The Morgan fingerprint density at radius 1 is 1.44 bits per heavy atom. The van der Waals surface area contributed by atoms with E-state index in [1.165, 1.54) is 0 Å². The lowest BCUT2D eigenvalue weighted by atomic mass is 9.96. The fourth-order valence-electron chi connectivity index (χ4n) is 1.66. The van der Waals surface area contributed by atoms with E-state index in [-0.39, 0.29) is 6.09 Å². The molecule has 0 radical (unpaired) electrons. The zero-order chi connectivity index (χ0) is 12.2. The molecule has 0 saturated carbocycles. The predicted molar refractivity (Wildman–Crippen MR) is 67.6 cm³/mol. The SMILES string of the molecule is CC(C)(C)OC(=O)NC[C@@H]1CSC[C@@H]1CN. The molecule has 3 N–H and O–H groups in total. The first-order chi connectivity index (χ1) is 7.42. The summed E-state index contributed by atoms with van der Waals surface area (Å²) in [6.45, 7) is 6.96. The minimum Gasteiger partial charge on any atom is -0.444 e. The largest absolute Gasteiger partial charge is 0.444 e. The van der Waals surface area contributed by atoms with Crippen LogP contribution < -0.4 is 11.1 Å². The van der Waals surface area contributed by atoms with Gasteiger partial charge in [0.25, 0.3) is 0 Å². The van der Waals surface area contributed by atoms with Crippen LogP contribution in [0.3, 0.4) is 0 Å². The van der Waals surface area contributed by atoms with Gasteiger partial charge in [0.1, 0.15) is 5.60 Å². The highest BCUT2D eigenvalue weighted by atomic mass is 32.2. The van der Waals surface area contributed by atoms with E-state index in [4.69, 9.17) is 10.5 Å². The molecule has 1 aliphatic rings. The number of hydrogen-bond acceptors (Lipinski definition) is 4. The Kier molecular flexibility index (Phi) is 4.92. The molecular weight excluding hydrogens is 224 g/mol. The minimum absolute atomic E-state index is 0.333. The summed E-state index contributed by atoms with van der Waals surface area (Å²) >= 11 is 1.91. The molecule has 5 heteroatoms. The lowest BCUT2D eigenvalue weighted by Crippen LogP contribution is -2.38. The van der Waals surface area contributed by atoms with E-state index >= 15 is 0 Å². The quantitative estimate of drug-likeness (QED) is 0.791. The van der Waals surface area contributed by atoms with Crippen LogP contribution >= 0.6 is 11.8 Å². The Bertz CT molecular complexity index is 241. The lowest BCUT2D eigenvalue weighted by Gasteiger charge is -2.22. The molecule has 1 fully saturated rings. The molecule has 0 aromatic carbocycles. The van der Waals surface area contributed by atoms with E-state index in [1.807, 2.05) is 32.5 Å². The summed E-state index contributed by atoms with van der Waals surface area (Å²) in [6.07, 6.45) is -0.333. The van der Waals surface area contributed by atoms with E-state index in [2.05, 4.69) is 5.32 Å². The fraction of sp³-hybridized carbons (Fsp3) is 0.909. The molecule has 0 bridgehead atoms. The smallest absolute Gasteiger partial charge is 0.407 e. The minimum atomic E-state index is -0.429. The zero-order valence-corrected chi connectivity index (χ0v) is 11.1. The first-order valence-corrected chi connectivity index (χ1v) is 6.82. The summed E-state index contributed by atoms with van der Waals surface area (Å²) in [5.74, 6) is 3.21. The molecule has 1 saturated heterocycles. The number of carbonyl (C=O) groups is 1. The summed E-state index contributed by atoms with van der Waals surface area (Å²) in [4.78, 5) is 11.4. The van der Waals surface area contributed by atoms with E-state index in [0.29, 0.717) is 24.9 Å². The number of thioether (sulfide) groups is 1. The van der Waals surface area contributed by atoms with Gasteiger partial charge in [-0.05, 0) is 50.7 Å². The van der Waals surface area contributed by atoms with Crippen LogP contribution in [0.4, 0.5) is 4.79 Å². The van der Waals surface area contributed by atoms with E-state index in [0.717, 1.165) is 11.5 Å². The molecule has 0 unspecified atom stereocenters. The monoisotopic (exact) mass is 246 g/mol. The Morgan fingerprint density at radius 3 is 2.62 bits per heavy atom. The molecule has 0 spiro atoms. The van der Waals surface area contributed by atoms with E-state index in [9.17, 15) is 4.79 Å². The van der Waals surface area contributed by atoms with Crippen LogP contribution in [-0.4, -0.2) is 36.3 Å². The van der Waals surface area contributed by atoms with Crippen LogP contribution in [0.2, 0.25) is 0 Å². The predicted octanol–water partition coefficient (Wildman–Crippen LogP) is 1.45. The van der Waals surface area contributed by atoms with Gasteiger partial charge in [0.15, 0.2) is 0 Å². The van der Waals surface area contributed by atoms with Crippen molar-refractivity contribution >= 4 is 17.9 Å². The van der Waals surface area contributed by atoms with Crippen molar-refractivity contribution < 1.29 is 9.53 Å². The molecular formula is C11H22N2O2S. The molecule has 1 aliphatic heterocycles. The second-order valence-electron chi connectivity index (χ2n) is 5.18. The maximum atomic E-state index is 11.4. The first-order valence-electron chi connectivity index (χ1n) is 5.67. The van der Waals surface area contributed by atoms with Crippen molar-refractivity contribution in [2.24, 2.45) is 17.6 Å². The molecule has 0 aliphatic carbocycles. The van der Waals surface area contributed by atoms with Gasteiger partial charge < -0.3 is 15.8 Å². The number of carbonyl (C=O) groups excluding carboxylic acids is 1. The van der Waals surface area contributed by atoms with Gasteiger partial charge in [-0.15, -0.1) is 0 Å². The van der Waals surface area contributed by atoms with Crippen molar-refractivity contribution in [3.8, 4) is 0 Å². The van der Waals surface area contributed by atoms with Crippen LogP contribution in [0, 0.1) is 11.8 Å². The highest BCUT2D eigenvalue weighted by Gasteiger charge is 2.27. The van der Waals surface area contributed by atoms with Crippen molar-refractivity contribution in [3.05, 3.63) is 0 Å². The molecule has 2 atom stereocenters. The van der Waals surface area contributed by atoms with Crippen molar-refractivity contribution in [1.29, 1.82) is 0 Å². The van der Waals surface area contributed by atoms with Crippen molar-refractivity contribution in [3.63, 3.8) is 0 Å².